The van der Waals surface area contributed by atoms with Crippen LogP contribution in [0.1, 0.15) is 51.9 Å². The van der Waals surface area contributed by atoms with Gasteiger partial charge in [0.25, 0.3) is 0 Å². The molecule has 0 aliphatic heterocycles. The molecule has 0 radical (unpaired) electrons. The predicted molar refractivity (Wildman–Crippen MR) is 126 cm³/mol. The number of hydrogen-bond donors (Lipinski definition) is 1. The van der Waals surface area contributed by atoms with Crippen LogP contribution in [0.4, 0.5) is 0 Å². The van der Waals surface area contributed by atoms with E-state index in [1.165, 1.54) is 0 Å². The molecular formula is C23H35N2O7P. The van der Waals surface area contributed by atoms with Gasteiger partial charge in [-0.1, -0.05) is 26.8 Å². The number of nitrogens with zero attached hydrogens (tertiary/aromatic N) is 2. The standard InChI is InChI=1S/C23H35N2O7P/c1-22(2,3)20(26)25-14-16(12-13-24(7)8)19-17(25)10-9-11-18(19)32-33(28,29)31-15-30-21(27)23(4,5)6/h9-11,14H,12-13,15H2,1-8H3,(H,28,29). The average molecular weight is 483 g/mol. The lowest BCUT2D eigenvalue weighted by atomic mass is 9.95. The van der Waals surface area contributed by atoms with E-state index in [2.05, 4.69) is 0 Å². The van der Waals surface area contributed by atoms with Crippen molar-refractivity contribution in [3.63, 3.8) is 0 Å². The van der Waals surface area contributed by atoms with Gasteiger partial charge < -0.3 is 14.2 Å². The maximum absolute atomic E-state index is 13.0. The van der Waals surface area contributed by atoms with E-state index in [0.29, 0.717) is 23.9 Å². The molecule has 184 valence electrons. The molecular weight excluding hydrogens is 447 g/mol. The van der Waals surface area contributed by atoms with Crippen molar-refractivity contribution in [1.82, 2.24) is 9.47 Å². The molecule has 0 bridgehead atoms. The summed E-state index contributed by atoms with van der Waals surface area (Å²) in [6, 6.07) is 4.94. The molecule has 9 nitrogen and oxygen atoms in total. The van der Waals surface area contributed by atoms with E-state index < -0.39 is 31.4 Å². The summed E-state index contributed by atoms with van der Waals surface area (Å²) in [4.78, 5) is 37.1. The number of aromatic nitrogens is 1. The monoisotopic (exact) mass is 482 g/mol. The van der Waals surface area contributed by atoms with Crippen molar-refractivity contribution in [1.29, 1.82) is 0 Å². The number of phosphoric ester groups is 1. The minimum absolute atomic E-state index is 0.106. The number of esters is 1. The zero-order valence-electron chi connectivity index (χ0n) is 20.7. The van der Waals surface area contributed by atoms with Crippen LogP contribution in [-0.4, -0.2) is 53.7 Å². The van der Waals surface area contributed by atoms with Crippen LogP contribution in [0.2, 0.25) is 0 Å². The number of likely N-dealkylation sites (N-methyl/N-ethyl adjacent to an activating group) is 1. The molecule has 1 N–H and O–H groups in total. The normalized spacial score (nSPS) is 14.4. The number of rotatable bonds is 8. The molecule has 0 saturated heterocycles. The Morgan fingerprint density at radius 3 is 2.27 bits per heavy atom. The lowest BCUT2D eigenvalue weighted by Gasteiger charge is -2.19. The summed E-state index contributed by atoms with van der Waals surface area (Å²) in [6.07, 6.45) is 2.34. The average Bonchev–Trinajstić information content (AvgIpc) is 3.03. The van der Waals surface area contributed by atoms with Gasteiger partial charge in [0.05, 0.1) is 10.9 Å². The fourth-order valence-electron chi connectivity index (χ4n) is 2.99. The minimum Gasteiger partial charge on any atom is -0.437 e. The molecule has 0 aliphatic rings. The van der Waals surface area contributed by atoms with E-state index in [0.717, 1.165) is 5.56 Å². The molecule has 1 aromatic carbocycles. The quantitative estimate of drug-likeness (QED) is 0.334. The molecule has 2 aromatic rings. The summed E-state index contributed by atoms with van der Waals surface area (Å²) in [5.74, 6) is -0.582. The number of benzene rings is 1. The number of hydrogen-bond acceptors (Lipinski definition) is 7. The van der Waals surface area contributed by atoms with Gasteiger partial charge in [-0.3, -0.25) is 19.0 Å². The number of phosphoric acid groups is 1. The Kier molecular flexibility index (Phi) is 8.18. The molecule has 0 spiro atoms. The highest BCUT2D eigenvalue weighted by Gasteiger charge is 2.30. The van der Waals surface area contributed by atoms with Crippen LogP contribution in [0.25, 0.3) is 10.9 Å². The highest BCUT2D eigenvalue weighted by molar-refractivity contribution is 7.47. The summed E-state index contributed by atoms with van der Waals surface area (Å²) in [5, 5.41) is 0.557. The van der Waals surface area contributed by atoms with Crippen LogP contribution in [0, 0.1) is 10.8 Å². The second-order valence-electron chi connectivity index (χ2n) is 10.3. The third-order valence-corrected chi connectivity index (χ3v) is 5.65. The molecule has 10 heteroatoms. The van der Waals surface area contributed by atoms with Crippen molar-refractivity contribution in [3.8, 4) is 5.75 Å². The maximum Gasteiger partial charge on any atom is 0.530 e. The van der Waals surface area contributed by atoms with E-state index in [-0.39, 0.29) is 11.7 Å². The summed E-state index contributed by atoms with van der Waals surface area (Å²) in [7, 11) is -0.742. The van der Waals surface area contributed by atoms with Gasteiger partial charge in [-0.2, -0.15) is 0 Å². The Hall–Kier alpha value is -2.19. The first-order chi connectivity index (χ1) is 15.0. The van der Waals surface area contributed by atoms with E-state index in [1.807, 2.05) is 39.8 Å². The highest BCUT2D eigenvalue weighted by Crippen LogP contribution is 2.47. The Bertz CT molecular complexity index is 1060. The van der Waals surface area contributed by atoms with Crippen LogP contribution >= 0.6 is 7.82 Å². The fourth-order valence-corrected chi connectivity index (χ4v) is 3.62. The van der Waals surface area contributed by atoms with Crippen molar-refractivity contribution < 1.29 is 32.8 Å². The van der Waals surface area contributed by atoms with E-state index >= 15 is 0 Å². The van der Waals surface area contributed by atoms with Crippen molar-refractivity contribution in [2.24, 2.45) is 10.8 Å². The van der Waals surface area contributed by atoms with Crippen LogP contribution < -0.4 is 4.52 Å². The van der Waals surface area contributed by atoms with Gasteiger partial charge in [0.1, 0.15) is 5.75 Å². The highest BCUT2D eigenvalue weighted by atomic mass is 31.2. The van der Waals surface area contributed by atoms with Crippen molar-refractivity contribution >= 4 is 30.6 Å². The van der Waals surface area contributed by atoms with Gasteiger partial charge in [-0.05, 0) is 59.0 Å². The molecule has 2 rings (SSSR count). The summed E-state index contributed by atoms with van der Waals surface area (Å²) in [5.41, 5.74) is -0.0426. The van der Waals surface area contributed by atoms with E-state index in [4.69, 9.17) is 13.8 Å². The molecule has 1 unspecified atom stereocenters. The number of fused-ring (bicyclic) bond motifs is 1. The maximum atomic E-state index is 13.0. The summed E-state index contributed by atoms with van der Waals surface area (Å²) in [6.45, 7) is 10.4. The van der Waals surface area contributed by atoms with Crippen molar-refractivity contribution in [2.75, 3.05) is 27.4 Å². The first kappa shape index (κ1) is 27.1. The van der Waals surface area contributed by atoms with Gasteiger partial charge in [0.15, 0.2) is 0 Å². The zero-order chi connectivity index (χ0) is 25.2. The van der Waals surface area contributed by atoms with Gasteiger partial charge in [0.2, 0.25) is 12.7 Å². The summed E-state index contributed by atoms with van der Waals surface area (Å²) < 4.78 is 29.3. The Morgan fingerprint density at radius 2 is 1.73 bits per heavy atom. The second kappa shape index (κ2) is 9.97. The number of carbonyl (C=O) groups excluding carboxylic acids is 2. The van der Waals surface area contributed by atoms with Crippen LogP contribution in [0.15, 0.2) is 24.4 Å². The molecule has 1 heterocycles. The molecule has 0 fully saturated rings. The lowest BCUT2D eigenvalue weighted by Crippen LogP contribution is -2.26. The largest absolute Gasteiger partial charge is 0.530 e. The second-order valence-corrected chi connectivity index (χ2v) is 11.6. The molecule has 1 atom stereocenters. The van der Waals surface area contributed by atoms with Gasteiger partial charge >= 0.3 is 13.8 Å². The third-order valence-electron chi connectivity index (χ3n) is 4.79. The minimum atomic E-state index is -4.61. The molecule has 33 heavy (non-hydrogen) atoms. The number of ether oxygens (including phenoxy) is 1. The van der Waals surface area contributed by atoms with Gasteiger partial charge in [-0.15, -0.1) is 0 Å². The van der Waals surface area contributed by atoms with Crippen LogP contribution in [-0.2, 0) is 25.0 Å². The van der Waals surface area contributed by atoms with E-state index in [9.17, 15) is 19.0 Å². The van der Waals surface area contributed by atoms with Crippen LogP contribution in [0.5, 0.6) is 5.75 Å². The predicted octanol–water partition coefficient (Wildman–Crippen LogP) is 4.47. The fraction of sp³-hybridized carbons (Fsp3) is 0.565. The van der Waals surface area contributed by atoms with Crippen LogP contribution in [0.3, 0.4) is 0 Å². The molecule has 0 aliphatic carbocycles. The first-order valence-corrected chi connectivity index (χ1v) is 12.2. The van der Waals surface area contributed by atoms with Gasteiger partial charge in [-0.25, -0.2) is 9.09 Å². The molecule has 0 saturated carbocycles. The Balaban J connectivity index is 2.39. The first-order valence-electron chi connectivity index (χ1n) is 10.7. The van der Waals surface area contributed by atoms with Crippen molar-refractivity contribution in [3.05, 3.63) is 30.0 Å². The van der Waals surface area contributed by atoms with E-state index in [1.54, 1.807) is 49.7 Å². The van der Waals surface area contributed by atoms with Gasteiger partial charge in [0, 0.05) is 23.5 Å². The molecule has 1 aromatic heterocycles. The molecule has 0 amide bonds. The topological polar surface area (TPSA) is 107 Å². The Labute approximate surface area is 195 Å². The summed E-state index contributed by atoms with van der Waals surface area (Å²) >= 11 is 0. The van der Waals surface area contributed by atoms with Crippen molar-refractivity contribution in [2.45, 2.75) is 48.0 Å². The third kappa shape index (κ3) is 7.14. The smallest absolute Gasteiger partial charge is 0.437 e. The number of carbonyl (C=O) groups is 2. The SMILES string of the molecule is CN(C)CCc1cn(C(=O)C(C)(C)C)c2cccc(OP(=O)(O)OCOC(=O)C(C)(C)C)c12. The Morgan fingerprint density at radius 1 is 1.09 bits per heavy atom. The zero-order valence-corrected chi connectivity index (χ0v) is 21.6. The lowest BCUT2D eigenvalue weighted by molar-refractivity contribution is -0.160.